The number of H-pyrrole nitrogens is 1. The molecule has 0 bridgehead atoms. The minimum Gasteiger partial charge on any atom is -0.439 e. The second-order valence-corrected chi connectivity index (χ2v) is 9.25. The van der Waals surface area contributed by atoms with E-state index >= 15 is 0 Å². The minimum absolute atomic E-state index is 0.154. The summed E-state index contributed by atoms with van der Waals surface area (Å²) in [4.78, 5) is 40.8. The van der Waals surface area contributed by atoms with Gasteiger partial charge in [-0.1, -0.05) is 36.2 Å². The first kappa shape index (κ1) is 24.0. The van der Waals surface area contributed by atoms with E-state index in [0.29, 0.717) is 12.0 Å². The van der Waals surface area contributed by atoms with E-state index in [9.17, 15) is 19.6 Å². The van der Waals surface area contributed by atoms with Crippen molar-refractivity contribution in [3.63, 3.8) is 0 Å². The lowest BCUT2D eigenvalue weighted by atomic mass is 9.73. The molecule has 1 fully saturated rings. The summed E-state index contributed by atoms with van der Waals surface area (Å²) in [7, 11) is 0. The number of aromatic amines is 1. The van der Waals surface area contributed by atoms with Crippen molar-refractivity contribution in [1.82, 2.24) is 4.98 Å². The van der Waals surface area contributed by atoms with Crippen LogP contribution in [0.3, 0.4) is 0 Å². The number of Topliss-reactive ketones (excluding diaryl/α,β-unsaturated/α-hetero) is 2. The summed E-state index contributed by atoms with van der Waals surface area (Å²) in [5.74, 6) is -1.68. The maximum absolute atomic E-state index is 13.2. The second kappa shape index (κ2) is 8.36. The largest absolute Gasteiger partial charge is 0.439 e. The quantitative estimate of drug-likeness (QED) is 0.639. The molecule has 1 saturated heterocycles. The van der Waals surface area contributed by atoms with Crippen molar-refractivity contribution in [3.8, 4) is 17.7 Å². The molecule has 1 N–H and O–H groups in total. The summed E-state index contributed by atoms with van der Waals surface area (Å²) in [5, 5.41) is 8.75. The number of halogens is 2. The van der Waals surface area contributed by atoms with Gasteiger partial charge in [0, 0.05) is 0 Å². The summed E-state index contributed by atoms with van der Waals surface area (Å²) >= 11 is 12.0. The van der Waals surface area contributed by atoms with Crippen LogP contribution in [-0.2, 0) is 20.7 Å². The number of rotatable bonds is 4. The van der Waals surface area contributed by atoms with Crippen LogP contribution >= 0.6 is 23.2 Å². The summed E-state index contributed by atoms with van der Waals surface area (Å²) in [5.41, 5.74) is -1.96. The van der Waals surface area contributed by atoms with E-state index in [4.69, 9.17) is 32.7 Å². The number of nitrogens with zero attached hydrogens (tertiary/aromatic N) is 1. The third-order valence-corrected chi connectivity index (χ3v) is 6.15. The SMILES string of the molecule is CCc1ccc(Oc2[nH]c(=O)c(Cl)c(C#N)c2Cl)cc1C1C(=O)C(C)(C)OC(C)(C)C1=O. The highest BCUT2D eigenvalue weighted by Gasteiger charge is 2.53. The number of nitriles is 1. The molecule has 2 aromatic rings. The molecular formula is C23H22Cl2N2O5. The van der Waals surface area contributed by atoms with E-state index in [0.717, 1.165) is 5.56 Å². The number of hydrogen-bond acceptors (Lipinski definition) is 6. The van der Waals surface area contributed by atoms with Crippen molar-refractivity contribution in [2.24, 2.45) is 0 Å². The number of aromatic nitrogens is 1. The van der Waals surface area contributed by atoms with Crippen LogP contribution in [0.2, 0.25) is 10.0 Å². The lowest BCUT2D eigenvalue weighted by molar-refractivity contribution is -0.184. The highest BCUT2D eigenvalue weighted by Crippen LogP contribution is 2.41. The maximum Gasteiger partial charge on any atom is 0.270 e. The molecule has 0 unspecified atom stereocenters. The van der Waals surface area contributed by atoms with Crippen molar-refractivity contribution in [3.05, 3.63) is 55.3 Å². The molecule has 0 radical (unpaired) electrons. The van der Waals surface area contributed by atoms with Gasteiger partial charge in [0.25, 0.3) is 5.56 Å². The zero-order valence-corrected chi connectivity index (χ0v) is 19.8. The van der Waals surface area contributed by atoms with Gasteiger partial charge >= 0.3 is 0 Å². The molecule has 9 heteroatoms. The molecule has 1 aliphatic heterocycles. The molecule has 7 nitrogen and oxygen atoms in total. The molecule has 0 saturated carbocycles. The van der Waals surface area contributed by atoms with Crippen molar-refractivity contribution >= 4 is 34.8 Å². The number of aryl methyl sites for hydroxylation is 1. The standard InChI is InChI=1S/C23H22Cl2N2O5/c1-6-11-7-8-12(31-21-17(25)14(10-26)16(24)20(30)27-21)9-13(11)15-18(28)22(2,3)32-23(4,5)19(15)29/h7-9,15H,6H2,1-5H3,(H,27,30). The predicted octanol–water partition coefficient (Wildman–Crippen LogP) is 4.72. The average Bonchev–Trinajstić information content (AvgIpc) is 2.71. The maximum atomic E-state index is 13.2. The number of benzene rings is 1. The lowest BCUT2D eigenvalue weighted by Crippen LogP contribution is -2.58. The summed E-state index contributed by atoms with van der Waals surface area (Å²) in [6.45, 7) is 8.49. The van der Waals surface area contributed by atoms with Crippen molar-refractivity contribution in [1.29, 1.82) is 5.26 Å². The second-order valence-electron chi connectivity index (χ2n) is 8.50. The molecule has 1 aromatic heterocycles. The van der Waals surface area contributed by atoms with Gasteiger partial charge in [0.1, 0.15) is 44.5 Å². The summed E-state index contributed by atoms with van der Waals surface area (Å²) < 4.78 is 11.5. The number of ketones is 2. The van der Waals surface area contributed by atoms with Crippen molar-refractivity contribution in [2.45, 2.75) is 58.2 Å². The van der Waals surface area contributed by atoms with Gasteiger partial charge < -0.3 is 9.47 Å². The molecular weight excluding hydrogens is 455 g/mol. The van der Waals surface area contributed by atoms with Crippen LogP contribution in [-0.4, -0.2) is 27.8 Å². The molecule has 1 aliphatic rings. The first-order valence-electron chi connectivity index (χ1n) is 9.95. The average molecular weight is 477 g/mol. The zero-order valence-electron chi connectivity index (χ0n) is 18.3. The Bertz CT molecular complexity index is 1200. The molecule has 0 atom stereocenters. The number of nitrogens with one attached hydrogen (secondary N) is 1. The highest BCUT2D eigenvalue weighted by molar-refractivity contribution is 6.37. The van der Waals surface area contributed by atoms with Gasteiger partial charge in [-0.05, 0) is 57.4 Å². The van der Waals surface area contributed by atoms with Crippen molar-refractivity contribution < 1.29 is 19.1 Å². The van der Waals surface area contributed by atoms with E-state index in [1.165, 1.54) is 0 Å². The van der Waals surface area contributed by atoms with E-state index in [1.54, 1.807) is 52.0 Å². The third kappa shape index (κ3) is 4.06. The Labute approximate surface area is 195 Å². The van der Waals surface area contributed by atoms with Crippen LogP contribution in [0.1, 0.15) is 57.2 Å². The number of carbonyl (C=O) groups excluding carboxylic acids is 2. The fraction of sp³-hybridized carbons (Fsp3) is 0.391. The topological polar surface area (TPSA) is 109 Å². The zero-order chi connectivity index (χ0) is 24.0. The van der Waals surface area contributed by atoms with Crippen LogP contribution in [0.25, 0.3) is 0 Å². The summed E-state index contributed by atoms with van der Waals surface area (Å²) in [6, 6.07) is 6.72. The fourth-order valence-corrected chi connectivity index (χ4v) is 4.34. The van der Waals surface area contributed by atoms with E-state index in [2.05, 4.69) is 4.98 Å². The van der Waals surface area contributed by atoms with E-state index < -0.39 is 22.7 Å². The Morgan fingerprint density at radius 2 is 1.69 bits per heavy atom. The first-order valence-corrected chi connectivity index (χ1v) is 10.7. The molecule has 0 spiro atoms. The van der Waals surface area contributed by atoms with Crippen LogP contribution in [0.5, 0.6) is 11.6 Å². The first-order chi connectivity index (χ1) is 14.8. The number of carbonyl (C=O) groups is 2. The smallest absolute Gasteiger partial charge is 0.270 e. The van der Waals surface area contributed by atoms with E-state index in [-0.39, 0.29) is 38.8 Å². The molecule has 2 heterocycles. The normalized spacial score (nSPS) is 17.8. The molecule has 1 aromatic carbocycles. The minimum atomic E-state index is -1.16. The Balaban J connectivity index is 2.13. The number of pyridine rings is 1. The summed E-state index contributed by atoms with van der Waals surface area (Å²) in [6.07, 6.45) is 0.575. The van der Waals surface area contributed by atoms with Gasteiger partial charge in [-0.15, -0.1) is 0 Å². The molecule has 0 aliphatic carbocycles. The van der Waals surface area contributed by atoms with Gasteiger partial charge in [0.15, 0.2) is 11.6 Å². The van der Waals surface area contributed by atoms with Gasteiger partial charge in [0.2, 0.25) is 5.88 Å². The third-order valence-electron chi connectivity index (χ3n) is 5.43. The highest BCUT2D eigenvalue weighted by atomic mass is 35.5. The predicted molar refractivity (Wildman–Crippen MR) is 120 cm³/mol. The Morgan fingerprint density at radius 1 is 1.09 bits per heavy atom. The monoisotopic (exact) mass is 476 g/mol. The van der Waals surface area contributed by atoms with Crippen molar-refractivity contribution in [2.75, 3.05) is 0 Å². The Hall–Kier alpha value is -2.66. The van der Waals surface area contributed by atoms with Crippen LogP contribution < -0.4 is 10.3 Å². The molecule has 168 valence electrons. The van der Waals surface area contributed by atoms with Gasteiger partial charge in [0.05, 0.1) is 0 Å². The van der Waals surface area contributed by atoms with Crippen LogP contribution in [0.4, 0.5) is 0 Å². The van der Waals surface area contributed by atoms with E-state index in [1.807, 2.05) is 6.92 Å². The van der Waals surface area contributed by atoms with Crippen LogP contribution in [0, 0.1) is 11.3 Å². The molecule has 0 amide bonds. The lowest BCUT2D eigenvalue weighted by Gasteiger charge is -2.43. The Kier molecular flexibility index (Phi) is 6.27. The fourth-order valence-electron chi connectivity index (χ4n) is 3.89. The van der Waals surface area contributed by atoms with Gasteiger partial charge in [-0.25, -0.2) is 0 Å². The van der Waals surface area contributed by atoms with Gasteiger partial charge in [-0.3, -0.25) is 19.4 Å². The number of hydrogen-bond donors (Lipinski definition) is 1. The molecule has 32 heavy (non-hydrogen) atoms. The van der Waals surface area contributed by atoms with Crippen LogP contribution in [0.15, 0.2) is 23.0 Å². The number of ether oxygens (including phenoxy) is 2. The Morgan fingerprint density at radius 3 is 2.22 bits per heavy atom. The van der Waals surface area contributed by atoms with Gasteiger partial charge in [-0.2, -0.15) is 5.26 Å². The molecule has 3 rings (SSSR count).